The lowest BCUT2D eigenvalue weighted by molar-refractivity contribution is 0.306. The summed E-state index contributed by atoms with van der Waals surface area (Å²) in [6, 6.07) is 15.7. The number of hydrogen-bond acceptors (Lipinski definition) is 1. The average Bonchev–Trinajstić information content (AvgIpc) is 2.40. The molecule has 0 atom stereocenters. The van der Waals surface area contributed by atoms with Crippen molar-refractivity contribution in [3.05, 3.63) is 68.1 Å². The van der Waals surface area contributed by atoms with Crippen LogP contribution in [0.25, 0.3) is 6.08 Å². The highest BCUT2D eigenvalue weighted by Crippen LogP contribution is 2.27. The molecule has 0 saturated heterocycles. The molecule has 0 amide bonds. The first-order valence-corrected chi connectivity index (χ1v) is 7.60. The van der Waals surface area contributed by atoms with Crippen LogP contribution < -0.4 is 4.74 Å². The van der Waals surface area contributed by atoms with Crippen LogP contribution in [0.1, 0.15) is 11.1 Å². The minimum Gasteiger partial charge on any atom is -0.489 e. The number of rotatable bonds is 4. The summed E-state index contributed by atoms with van der Waals surface area (Å²) in [4.78, 5) is 0. The molecule has 0 aliphatic rings. The summed E-state index contributed by atoms with van der Waals surface area (Å²) in [5.74, 6) is 0.761. The predicted octanol–water partition coefficient (Wildman–Crippen LogP) is 6.01. The third-order valence-electron chi connectivity index (χ3n) is 2.48. The average molecular weight is 403 g/mol. The summed E-state index contributed by atoms with van der Waals surface area (Å²) in [6.45, 7) is 0.536. The first-order valence-electron chi connectivity index (χ1n) is 5.64. The van der Waals surface area contributed by atoms with Crippen LogP contribution in [0.15, 0.2) is 51.9 Å². The van der Waals surface area contributed by atoms with Crippen molar-refractivity contribution in [2.45, 2.75) is 6.61 Å². The molecule has 0 aromatic heterocycles. The summed E-state index contributed by atoms with van der Waals surface area (Å²) in [5, 5.41) is 0.655. The number of benzene rings is 2. The molecular weight excluding hydrogens is 391 g/mol. The van der Waals surface area contributed by atoms with E-state index >= 15 is 0 Å². The highest BCUT2D eigenvalue weighted by atomic mass is 79.9. The van der Waals surface area contributed by atoms with Crippen LogP contribution in [0.3, 0.4) is 0 Å². The van der Waals surface area contributed by atoms with E-state index in [0.717, 1.165) is 20.3 Å². The zero-order chi connectivity index (χ0) is 13.7. The largest absolute Gasteiger partial charge is 0.489 e. The van der Waals surface area contributed by atoms with Gasteiger partial charge in [0.15, 0.2) is 0 Å². The van der Waals surface area contributed by atoms with Crippen molar-refractivity contribution in [1.29, 1.82) is 0 Å². The van der Waals surface area contributed by atoms with Crippen molar-refractivity contribution in [3.63, 3.8) is 0 Å². The Morgan fingerprint density at radius 3 is 2.47 bits per heavy atom. The van der Waals surface area contributed by atoms with Gasteiger partial charge in [-0.3, -0.25) is 0 Å². The maximum Gasteiger partial charge on any atom is 0.121 e. The van der Waals surface area contributed by atoms with Gasteiger partial charge < -0.3 is 4.74 Å². The van der Waals surface area contributed by atoms with Crippen molar-refractivity contribution in [3.8, 4) is 5.75 Å². The van der Waals surface area contributed by atoms with Gasteiger partial charge in [-0.1, -0.05) is 41.9 Å². The molecule has 0 aliphatic carbocycles. The van der Waals surface area contributed by atoms with E-state index in [-0.39, 0.29) is 0 Å². The summed E-state index contributed by atoms with van der Waals surface area (Å²) >= 11 is 12.8. The van der Waals surface area contributed by atoms with Crippen molar-refractivity contribution in [2.75, 3.05) is 0 Å². The summed E-state index contributed by atoms with van der Waals surface area (Å²) in [5.41, 5.74) is 2.06. The Morgan fingerprint density at radius 1 is 1.11 bits per heavy atom. The van der Waals surface area contributed by atoms with Crippen molar-refractivity contribution >= 4 is 49.5 Å². The minimum atomic E-state index is 0.536. The van der Waals surface area contributed by atoms with Crippen LogP contribution >= 0.6 is 43.5 Å². The molecule has 0 N–H and O–H groups in total. The summed E-state index contributed by atoms with van der Waals surface area (Å²) in [6.07, 6.45) is 1.89. The zero-order valence-electron chi connectivity index (χ0n) is 9.95. The second kappa shape index (κ2) is 7.13. The van der Waals surface area contributed by atoms with Gasteiger partial charge in [0.1, 0.15) is 12.4 Å². The van der Waals surface area contributed by atoms with Crippen LogP contribution in [0.5, 0.6) is 5.75 Å². The Labute approximate surface area is 134 Å². The second-order valence-corrected chi connectivity index (χ2v) is 7.07. The Balaban J connectivity index is 2.06. The van der Waals surface area contributed by atoms with E-state index in [1.165, 1.54) is 0 Å². The summed E-state index contributed by atoms with van der Waals surface area (Å²) in [7, 11) is 0. The van der Waals surface area contributed by atoms with Gasteiger partial charge in [0.2, 0.25) is 0 Å². The Kier molecular flexibility index (Phi) is 5.49. The molecule has 1 nitrogen and oxygen atoms in total. The monoisotopic (exact) mass is 400 g/mol. The first-order chi connectivity index (χ1) is 9.15. The Hall–Kier alpha value is -0.770. The van der Waals surface area contributed by atoms with E-state index in [9.17, 15) is 0 Å². The van der Waals surface area contributed by atoms with E-state index < -0.39 is 0 Å². The van der Waals surface area contributed by atoms with Gasteiger partial charge in [-0.2, -0.15) is 0 Å². The van der Waals surface area contributed by atoms with Crippen molar-refractivity contribution < 1.29 is 4.74 Å². The molecule has 0 spiro atoms. The van der Waals surface area contributed by atoms with Crippen molar-refractivity contribution in [2.24, 2.45) is 0 Å². The van der Waals surface area contributed by atoms with E-state index in [1.54, 1.807) is 0 Å². The molecule has 0 unspecified atom stereocenters. The molecular formula is C15H11Br2ClO. The zero-order valence-corrected chi connectivity index (χ0v) is 13.9. The molecule has 98 valence electrons. The van der Waals surface area contributed by atoms with Gasteiger partial charge in [0.25, 0.3) is 0 Å². The number of hydrogen-bond donors (Lipinski definition) is 0. The van der Waals surface area contributed by atoms with Gasteiger partial charge in [-0.25, -0.2) is 0 Å². The molecule has 0 bridgehead atoms. The first kappa shape index (κ1) is 14.6. The van der Waals surface area contributed by atoms with Crippen LogP contribution in [-0.4, -0.2) is 0 Å². The minimum absolute atomic E-state index is 0.536. The van der Waals surface area contributed by atoms with E-state index in [1.807, 2.05) is 54.6 Å². The van der Waals surface area contributed by atoms with Crippen LogP contribution in [-0.2, 0) is 6.61 Å². The molecule has 0 radical (unpaired) electrons. The SMILES string of the molecule is Clc1cc(OCc2ccccc2)ccc1C=C(Br)Br. The normalized spacial score (nSPS) is 10.1. The molecule has 2 rings (SSSR count). The predicted molar refractivity (Wildman–Crippen MR) is 88.1 cm³/mol. The highest BCUT2D eigenvalue weighted by Gasteiger charge is 2.02. The molecule has 4 heteroatoms. The van der Waals surface area contributed by atoms with E-state index in [4.69, 9.17) is 16.3 Å². The fourth-order valence-corrected chi connectivity index (χ4v) is 2.29. The van der Waals surface area contributed by atoms with Crippen LogP contribution in [0, 0.1) is 0 Å². The van der Waals surface area contributed by atoms with Gasteiger partial charge in [0.05, 0.1) is 8.41 Å². The molecule has 0 fully saturated rings. The van der Waals surface area contributed by atoms with Gasteiger partial charge >= 0.3 is 0 Å². The third-order valence-corrected chi connectivity index (χ3v) is 3.27. The Morgan fingerprint density at radius 2 is 1.84 bits per heavy atom. The molecule has 0 aliphatic heterocycles. The van der Waals surface area contributed by atoms with Gasteiger partial charge in [-0.15, -0.1) is 0 Å². The maximum absolute atomic E-state index is 6.19. The molecule has 0 heterocycles. The van der Waals surface area contributed by atoms with Crippen LogP contribution in [0.4, 0.5) is 0 Å². The fraction of sp³-hybridized carbons (Fsp3) is 0.0667. The smallest absolute Gasteiger partial charge is 0.121 e. The number of halogens is 3. The lowest BCUT2D eigenvalue weighted by atomic mass is 10.2. The molecule has 19 heavy (non-hydrogen) atoms. The molecule has 2 aromatic carbocycles. The quantitative estimate of drug-likeness (QED) is 0.609. The topological polar surface area (TPSA) is 9.23 Å². The van der Waals surface area contributed by atoms with Crippen molar-refractivity contribution in [1.82, 2.24) is 0 Å². The summed E-state index contributed by atoms with van der Waals surface area (Å²) < 4.78 is 6.55. The lowest BCUT2D eigenvalue weighted by Crippen LogP contribution is -1.95. The second-order valence-electron chi connectivity index (χ2n) is 3.89. The lowest BCUT2D eigenvalue weighted by Gasteiger charge is -2.08. The standard InChI is InChI=1S/C15H11Br2ClO/c16-15(17)8-12-6-7-13(9-14(12)18)19-10-11-4-2-1-3-5-11/h1-9H,10H2. The maximum atomic E-state index is 6.19. The van der Waals surface area contributed by atoms with Gasteiger partial charge in [0, 0.05) is 0 Å². The fourth-order valence-electron chi connectivity index (χ4n) is 1.57. The third kappa shape index (κ3) is 4.68. The van der Waals surface area contributed by atoms with Gasteiger partial charge in [-0.05, 0) is 67.3 Å². The molecule has 0 saturated carbocycles. The number of ether oxygens (including phenoxy) is 1. The highest BCUT2D eigenvalue weighted by molar-refractivity contribution is 9.28. The van der Waals surface area contributed by atoms with Crippen LogP contribution in [0.2, 0.25) is 5.02 Å². The van der Waals surface area contributed by atoms with E-state index in [0.29, 0.717) is 11.6 Å². The molecule has 2 aromatic rings. The Bertz CT molecular complexity index is 578. The van der Waals surface area contributed by atoms with E-state index in [2.05, 4.69) is 31.9 Å².